The second kappa shape index (κ2) is 9.29. The molecule has 1 heterocycles. The van der Waals surface area contributed by atoms with Crippen LogP contribution in [0.3, 0.4) is 0 Å². The third kappa shape index (κ3) is 4.89. The summed E-state index contributed by atoms with van der Waals surface area (Å²) in [6.45, 7) is 0.560. The van der Waals surface area contributed by atoms with E-state index >= 15 is 0 Å². The van der Waals surface area contributed by atoms with Crippen molar-refractivity contribution in [3.63, 3.8) is 0 Å². The number of carbonyl (C=O) groups is 1. The minimum atomic E-state index is 0.0724. The van der Waals surface area contributed by atoms with Gasteiger partial charge < -0.3 is 14.8 Å². The lowest BCUT2D eigenvalue weighted by Gasteiger charge is -2.19. The monoisotopic (exact) mass is 394 g/mol. The Hall–Kier alpha value is -2.56. The number of nitrogens with zero attached hydrogens (tertiary/aromatic N) is 1. The van der Waals surface area contributed by atoms with E-state index in [9.17, 15) is 4.79 Å². The third-order valence-electron chi connectivity index (χ3n) is 6.27. The van der Waals surface area contributed by atoms with E-state index in [4.69, 9.17) is 9.47 Å². The molecule has 154 valence electrons. The number of amides is 1. The van der Waals surface area contributed by atoms with Gasteiger partial charge in [-0.1, -0.05) is 6.07 Å². The first kappa shape index (κ1) is 19.7. The summed E-state index contributed by atoms with van der Waals surface area (Å²) in [5.41, 5.74) is 2.33. The van der Waals surface area contributed by atoms with Gasteiger partial charge in [0.1, 0.15) is 0 Å². The molecule has 4 rings (SSSR count). The number of benzene rings is 1. The van der Waals surface area contributed by atoms with Crippen LogP contribution in [0.15, 0.2) is 42.7 Å². The first-order chi connectivity index (χ1) is 14.2. The van der Waals surface area contributed by atoms with E-state index in [0.717, 1.165) is 49.2 Å². The number of aromatic nitrogens is 1. The fourth-order valence-corrected chi connectivity index (χ4v) is 4.58. The van der Waals surface area contributed by atoms with Crippen molar-refractivity contribution >= 4 is 5.91 Å². The highest BCUT2D eigenvalue weighted by atomic mass is 16.5. The van der Waals surface area contributed by atoms with Crippen LogP contribution in [0, 0.1) is 5.92 Å². The lowest BCUT2D eigenvalue weighted by atomic mass is 9.95. The number of carbonyl (C=O) groups excluding carboxylic acids is 1. The first-order valence-electron chi connectivity index (χ1n) is 10.7. The molecule has 1 aromatic carbocycles. The highest BCUT2D eigenvalue weighted by Crippen LogP contribution is 2.41. The molecule has 0 saturated heterocycles. The number of hydrogen-bond donors (Lipinski definition) is 1. The fraction of sp³-hybridized carbons (Fsp3) is 0.500. The minimum Gasteiger partial charge on any atom is -0.493 e. The summed E-state index contributed by atoms with van der Waals surface area (Å²) >= 11 is 0. The predicted molar refractivity (Wildman–Crippen MR) is 112 cm³/mol. The highest BCUT2D eigenvalue weighted by Gasteiger charge is 2.31. The molecule has 2 aliphatic rings. The van der Waals surface area contributed by atoms with E-state index in [-0.39, 0.29) is 11.8 Å². The maximum atomic E-state index is 12.6. The zero-order valence-electron chi connectivity index (χ0n) is 17.1. The van der Waals surface area contributed by atoms with Crippen LogP contribution in [0.2, 0.25) is 0 Å². The average molecular weight is 395 g/mol. The smallest absolute Gasteiger partial charge is 0.223 e. The Balaban J connectivity index is 1.37. The van der Waals surface area contributed by atoms with Gasteiger partial charge in [0, 0.05) is 24.9 Å². The van der Waals surface area contributed by atoms with Crippen LogP contribution in [-0.4, -0.2) is 24.1 Å². The average Bonchev–Trinajstić information content (AvgIpc) is 3.45. The molecule has 29 heavy (non-hydrogen) atoms. The normalized spacial score (nSPS) is 21.8. The van der Waals surface area contributed by atoms with Crippen molar-refractivity contribution in [2.75, 3.05) is 7.11 Å². The van der Waals surface area contributed by atoms with Gasteiger partial charge in [0.2, 0.25) is 5.91 Å². The molecule has 1 amide bonds. The zero-order chi connectivity index (χ0) is 20.1. The van der Waals surface area contributed by atoms with E-state index < -0.39 is 0 Å². The van der Waals surface area contributed by atoms with Gasteiger partial charge in [-0.05, 0) is 86.3 Å². The maximum absolute atomic E-state index is 12.6. The summed E-state index contributed by atoms with van der Waals surface area (Å²) in [7, 11) is 1.69. The molecular formula is C24H30N2O3. The second-order valence-electron chi connectivity index (χ2n) is 8.21. The SMILES string of the molecule is COc1ccc(C2CCC(C(=O)NCc3ccncc3)C2)cc1OC1CCCC1. The highest BCUT2D eigenvalue weighted by molar-refractivity contribution is 5.79. The summed E-state index contributed by atoms with van der Waals surface area (Å²) in [5, 5.41) is 3.08. The van der Waals surface area contributed by atoms with Gasteiger partial charge in [-0.2, -0.15) is 0 Å². The summed E-state index contributed by atoms with van der Waals surface area (Å²) < 4.78 is 11.8. The van der Waals surface area contributed by atoms with E-state index in [1.807, 2.05) is 18.2 Å². The quantitative estimate of drug-likeness (QED) is 0.745. The van der Waals surface area contributed by atoms with Crippen LogP contribution >= 0.6 is 0 Å². The van der Waals surface area contributed by atoms with Gasteiger partial charge in [-0.25, -0.2) is 0 Å². The Morgan fingerprint density at radius 2 is 1.86 bits per heavy atom. The molecule has 0 spiro atoms. The van der Waals surface area contributed by atoms with Crippen molar-refractivity contribution in [1.82, 2.24) is 10.3 Å². The van der Waals surface area contributed by atoms with E-state index in [2.05, 4.69) is 22.4 Å². The number of methoxy groups -OCH3 is 1. The van der Waals surface area contributed by atoms with E-state index in [1.165, 1.54) is 18.4 Å². The number of ether oxygens (including phenoxy) is 2. The predicted octanol–water partition coefficient (Wildman–Crippen LogP) is 4.61. The van der Waals surface area contributed by atoms with Crippen molar-refractivity contribution in [2.45, 2.75) is 63.5 Å². The molecule has 0 aliphatic heterocycles. The Labute approximate surface area is 172 Å². The van der Waals surface area contributed by atoms with Crippen molar-refractivity contribution in [2.24, 2.45) is 5.92 Å². The van der Waals surface area contributed by atoms with Crippen molar-refractivity contribution in [3.8, 4) is 11.5 Å². The molecule has 5 heteroatoms. The summed E-state index contributed by atoms with van der Waals surface area (Å²) in [4.78, 5) is 16.6. The second-order valence-corrected chi connectivity index (χ2v) is 8.21. The molecule has 2 aliphatic carbocycles. The zero-order valence-corrected chi connectivity index (χ0v) is 17.1. The first-order valence-corrected chi connectivity index (χ1v) is 10.7. The van der Waals surface area contributed by atoms with Crippen LogP contribution in [0.1, 0.15) is 62.0 Å². The standard InChI is InChI=1S/C24H30N2O3/c1-28-22-9-8-19(15-23(22)29-21-4-2-3-5-21)18-6-7-20(14-18)24(27)26-16-17-10-12-25-13-11-17/h8-13,15,18,20-21H,2-7,14,16H2,1H3,(H,26,27). The number of pyridine rings is 1. The van der Waals surface area contributed by atoms with Gasteiger partial charge in [0.25, 0.3) is 0 Å². The Morgan fingerprint density at radius 3 is 2.62 bits per heavy atom. The Kier molecular flexibility index (Phi) is 6.33. The van der Waals surface area contributed by atoms with E-state index in [1.54, 1.807) is 19.5 Å². The largest absolute Gasteiger partial charge is 0.493 e. The molecule has 0 radical (unpaired) electrons. The molecule has 1 N–H and O–H groups in total. The maximum Gasteiger partial charge on any atom is 0.223 e. The van der Waals surface area contributed by atoms with E-state index in [0.29, 0.717) is 18.6 Å². The van der Waals surface area contributed by atoms with Crippen LogP contribution in [0.5, 0.6) is 11.5 Å². The molecule has 2 atom stereocenters. The number of rotatable bonds is 7. The molecule has 5 nitrogen and oxygen atoms in total. The molecular weight excluding hydrogens is 364 g/mol. The van der Waals surface area contributed by atoms with Gasteiger partial charge in [-0.15, -0.1) is 0 Å². The number of hydrogen-bond acceptors (Lipinski definition) is 4. The fourth-order valence-electron chi connectivity index (χ4n) is 4.58. The van der Waals surface area contributed by atoms with Crippen molar-refractivity contribution in [1.29, 1.82) is 0 Å². The van der Waals surface area contributed by atoms with Crippen molar-refractivity contribution in [3.05, 3.63) is 53.9 Å². The summed E-state index contributed by atoms with van der Waals surface area (Å²) in [6, 6.07) is 10.1. The van der Waals surface area contributed by atoms with Crippen molar-refractivity contribution < 1.29 is 14.3 Å². The lowest BCUT2D eigenvalue weighted by Crippen LogP contribution is -2.28. The molecule has 2 unspecified atom stereocenters. The number of nitrogens with one attached hydrogen (secondary N) is 1. The molecule has 2 aromatic rings. The minimum absolute atomic E-state index is 0.0724. The van der Waals surface area contributed by atoms with Gasteiger partial charge in [0.15, 0.2) is 11.5 Å². The van der Waals surface area contributed by atoms with Crippen LogP contribution < -0.4 is 14.8 Å². The molecule has 1 aromatic heterocycles. The van der Waals surface area contributed by atoms with Gasteiger partial charge in [0.05, 0.1) is 13.2 Å². The molecule has 2 fully saturated rings. The van der Waals surface area contributed by atoms with Gasteiger partial charge in [-0.3, -0.25) is 9.78 Å². The molecule has 0 bridgehead atoms. The summed E-state index contributed by atoms with van der Waals surface area (Å²) in [6.07, 6.45) is 11.4. The Bertz CT molecular complexity index is 818. The van der Waals surface area contributed by atoms with Crippen LogP contribution in [0.4, 0.5) is 0 Å². The Morgan fingerprint density at radius 1 is 1.07 bits per heavy atom. The van der Waals surface area contributed by atoms with Crippen LogP contribution in [-0.2, 0) is 11.3 Å². The molecule has 2 saturated carbocycles. The topological polar surface area (TPSA) is 60.5 Å². The summed E-state index contributed by atoms with van der Waals surface area (Å²) in [5.74, 6) is 2.26. The van der Waals surface area contributed by atoms with Gasteiger partial charge >= 0.3 is 0 Å². The van der Waals surface area contributed by atoms with Crippen LogP contribution in [0.25, 0.3) is 0 Å². The lowest BCUT2D eigenvalue weighted by molar-refractivity contribution is -0.125. The third-order valence-corrected chi connectivity index (χ3v) is 6.27.